The number of nitrogens with one attached hydrogen (secondary N) is 1. The predicted octanol–water partition coefficient (Wildman–Crippen LogP) is 1.90. The summed E-state index contributed by atoms with van der Waals surface area (Å²) in [6.07, 6.45) is 0.565. The number of hydrogen-bond acceptors (Lipinski definition) is 2. The Hall–Kier alpha value is -2.62. The number of amides is 2. The molecule has 0 aliphatic carbocycles. The van der Waals surface area contributed by atoms with Crippen molar-refractivity contribution in [3.63, 3.8) is 0 Å². The van der Waals surface area contributed by atoms with Crippen LogP contribution in [0.1, 0.15) is 27.9 Å². The molecule has 2 aromatic carbocycles. The van der Waals surface area contributed by atoms with Crippen molar-refractivity contribution in [1.29, 1.82) is 0 Å². The van der Waals surface area contributed by atoms with E-state index in [1.54, 1.807) is 4.90 Å². The molecule has 4 heteroatoms. The lowest BCUT2D eigenvalue weighted by Gasteiger charge is -2.38. The first-order chi connectivity index (χ1) is 10.6. The maximum absolute atomic E-state index is 12.6. The van der Waals surface area contributed by atoms with Crippen LogP contribution in [0.3, 0.4) is 0 Å². The number of carbonyl (C=O) groups excluding carboxylic acids is 2. The van der Waals surface area contributed by atoms with Crippen molar-refractivity contribution in [3.05, 3.63) is 71.3 Å². The molecule has 2 aliphatic heterocycles. The maximum atomic E-state index is 12.6. The van der Waals surface area contributed by atoms with Gasteiger partial charge >= 0.3 is 0 Å². The molecule has 110 valence electrons. The van der Waals surface area contributed by atoms with E-state index in [2.05, 4.69) is 5.32 Å². The molecule has 1 saturated heterocycles. The Labute approximate surface area is 128 Å². The van der Waals surface area contributed by atoms with Gasteiger partial charge in [0.25, 0.3) is 5.91 Å². The highest BCUT2D eigenvalue weighted by Gasteiger charge is 2.54. The highest BCUT2D eigenvalue weighted by molar-refractivity contribution is 6.02. The molecule has 2 atom stereocenters. The fraction of sp³-hybridized carbons (Fsp3) is 0.222. The van der Waals surface area contributed by atoms with Gasteiger partial charge in [0.15, 0.2) is 0 Å². The van der Waals surface area contributed by atoms with Crippen molar-refractivity contribution in [1.82, 2.24) is 10.2 Å². The number of hydrogen-bond donors (Lipinski definition) is 1. The molecule has 2 bridgehead atoms. The molecule has 2 heterocycles. The van der Waals surface area contributed by atoms with E-state index >= 15 is 0 Å². The summed E-state index contributed by atoms with van der Waals surface area (Å²) in [6, 6.07) is 17.1. The van der Waals surface area contributed by atoms with Crippen molar-refractivity contribution in [2.75, 3.05) is 7.05 Å². The molecule has 2 aliphatic rings. The van der Waals surface area contributed by atoms with Crippen LogP contribution in [0.2, 0.25) is 0 Å². The standard InChI is InChI=1S/C18H16N2O2/c1-20-17(22)15-11-18(20,12-7-3-2-4-8-12)14-10-6-5-9-13(14)16(21)19-15/h2-10,15H,11H2,1H3,(H,19,21)/t15-,18+/m0/s1. The number of likely N-dealkylation sites (tertiary alicyclic amines) is 1. The summed E-state index contributed by atoms with van der Waals surface area (Å²) in [5.74, 6) is -0.202. The van der Waals surface area contributed by atoms with Crippen LogP contribution in [0.5, 0.6) is 0 Å². The van der Waals surface area contributed by atoms with Gasteiger partial charge in [0.1, 0.15) is 6.04 Å². The van der Waals surface area contributed by atoms with Gasteiger partial charge in [-0.3, -0.25) is 9.59 Å². The monoisotopic (exact) mass is 292 g/mol. The maximum Gasteiger partial charge on any atom is 0.252 e. The first kappa shape index (κ1) is 13.1. The lowest BCUT2D eigenvalue weighted by atomic mass is 9.78. The number of benzene rings is 2. The Kier molecular flexibility index (Phi) is 2.64. The highest BCUT2D eigenvalue weighted by atomic mass is 16.2. The second kappa shape index (κ2) is 4.44. The molecular formula is C18H16N2O2. The van der Waals surface area contributed by atoms with Crippen molar-refractivity contribution in [2.45, 2.75) is 18.0 Å². The van der Waals surface area contributed by atoms with Gasteiger partial charge in [0.2, 0.25) is 5.91 Å². The van der Waals surface area contributed by atoms with Crippen molar-refractivity contribution < 1.29 is 9.59 Å². The minimum atomic E-state index is -0.585. The summed E-state index contributed by atoms with van der Waals surface area (Å²) in [5, 5.41) is 2.87. The molecule has 22 heavy (non-hydrogen) atoms. The van der Waals surface area contributed by atoms with E-state index < -0.39 is 11.6 Å². The van der Waals surface area contributed by atoms with Gasteiger partial charge in [-0.05, 0) is 17.2 Å². The number of carbonyl (C=O) groups is 2. The van der Waals surface area contributed by atoms with Crippen LogP contribution in [0, 0.1) is 0 Å². The van der Waals surface area contributed by atoms with Crippen LogP contribution in [0.25, 0.3) is 0 Å². The average Bonchev–Trinajstić information content (AvgIpc) is 2.73. The lowest BCUT2D eigenvalue weighted by Crippen LogP contribution is -2.46. The molecule has 1 N–H and O–H groups in total. The van der Waals surface area contributed by atoms with Crippen molar-refractivity contribution in [3.8, 4) is 0 Å². The SMILES string of the molecule is CN1C(=O)[C@@H]2C[C@@]1(c1ccccc1)c1ccccc1C(=O)N2. The minimum Gasteiger partial charge on any atom is -0.340 e. The summed E-state index contributed by atoms with van der Waals surface area (Å²) in [6.45, 7) is 0. The molecule has 2 aromatic rings. The number of fused-ring (bicyclic) bond motifs is 4. The van der Waals surface area contributed by atoms with Crippen LogP contribution in [0.4, 0.5) is 0 Å². The summed E-state index contributed by atoms with van der Waals surface area (Å²) in [7, 11) is 1.82. The first-order valence-electron chi connectivity index (χ1n) is 7.38. The summed E-state index contributed by atoms with van der Waals surface area (Å²) in [5.41, 5.74) is 2.00. The molecule has 0 radical (unpaired) electrons. The molecule has 1 fully saturated rings. The summed E-state index contributed by atoms with van der Waals surface area (Å²) < 4.78 is 0. The Morgan fingerprint density at radius 1 is 1.05 bits per heavy atom. The van der Waals surface area contributed by atoms with Crippen molar-refractivity contribution >= 4 is 11.8 Å². The number of likely N-dealkylation sites (N-methyl/N-ethyl adjacent to an activating group) is 1. The third kappa shape index (κ3) is 1.52. The Morgan fingerprint density at radius 3 is 2.50 bits per heavy atom. The third-order valence-corrected chi connectivity index (χ3v) is 4.87. The average molecular weight is 292 g/mol. The molecule has 0 unspecified atom stereocenters. The Morgan fingerprint density at radius 2 is 1.73 bits per heavy atom. The van der Waals surface area contributed by atoms with Gasteiger partial charge in [0, 0.05) is 19.0 Å². The van der Waals surface area contributed by atoms with Crippen LogP contribution >= 0.6 is 0 Å². The smallest absolute Gasteiger partial charge is 0.252 e. The molecule has 0 aromatic heterocycles. The van der Waals surface area contributed by atoms with Crippen LogP contribution < -0.4 is 5.32 Å². The molecule has 0 saturated carbocycles. The van der Waals surface area contributed by atoms with Crippen molar-refractivity contribution in [2.24, 2.45) is 0 Å². The summed E-state index contributed by atoms with van der Waals surface area (Å²) >= 11 is 0. The van der Waals surface area contributed by atoms with E-state index in [1.807, 2.05) is 61.6 Å². The van der Waals surface area contributed by atoms with E-state index in [9.17, 15) is 9.59 Å². The molecule has 2 amide bonds. The van der Waals surface area contributed by atoms with Crippen LogP contribution in [-0.2, 0) is 10.3 Å². The zero-order valence-electron chi connectivity index (χ0n) is 12.2. The van der Waals surface area contributed by atoms with E-state index in [-0.39, 0.29) is 11.8 Å². The number of rotatable bonds is 1. The largest absolute Gasteiger partial charge is 0.340 e. The fourth-order valence-electron chi connectivity index (χ4n) is 3.80. The van der Waals surface area contributed by atoms with Gasteiger partial charge in [0.05, 0.1) is 5.54 Å². The van der Waals surface area contributed by atoms with Gasteiger partial charge in [-0.25, -0.2) is 0 Å². The second-order valence-electron chi connectivity index (χ2n) is 5.90. The van der Waals surface area contributed by atoms with E-state index in [4.69, 9.17) is 0 Å². The summed E-state index contributed by atoms with van der Waals surface area (Å²) in [4.78, 5) is 26.8. The van der Waals surface area contributed by atoms with Gasteiger partial charge in [-0.2, -0.15) is 0 Å². The predicted molar refractivity (Wildman–Crippen MR) is 82.3 cm³/mol. The molecule has 4 rings (SSSR count). The van der Waals surface area contributed by atoms with Gasteiger partial charge < -0.3 is 10.2 Å². The highest BCUT2D eigenvalue weighted by Crippen LogP contribution is 2.46. The van der Waals surface area contributed by atoms with E-state index in [0.717, 1.165) is 11.1 Å². The fourth-order valence-corrected chi connectivity index (χ4v) is 3.80. The molecule has 4 nitrogen and oxygen atoms in total. The third-order valence-electron chi connectivity index (χ3n) is 4.87. The second-order valence-corrected chi connectivity index (χ2v) is 5.90. The topological polar surface area (TPSA) is 49.4 Å². The van der Waals surface area contributed by atoms with E-state index in [1.165, 1.54) is 0 Å². The minimum absolute atomic E-state index is 0.0355. The lowest BCUT2D eigenvalue weighted by molar-refractivity contribution is -0.130. The Bertz CT molecular complexity index is 772. The zero-order chi connectivity index (χ0) is 15.3. The van der Waals surface area contributed by atoms with Gasteiger partial charge in [-0.15, -0.1) is 0 Å². The Balaban J connectivity index is 2.06. The zero-order valence-corrected chi connectivity index (χ0v) is 12.2. The number of nitrogens with zero attached hydrogens (tertiary/aromatic N) is 1. The van der Waals surface area contributed by atoms with Crippen LogP contribution in [0.15, 0.2) is 54.6 Å². The van der Waals surface area contributed by atoms with E-state index in [0.29, 0.717) is 12.0 Å². The normalized spacial score (nSPS) is 26.4. The van der Waals surface area contributed by atoms with Gasteiger partial charge in [-0.1, -0.05) is 48.5 Å². The molecular weight excluding hydrogens is 276 g/mol. The molecule has 0 spiro atoms. The first-order valence-corrected chi connectivity index (χ1v) is 7.38. The van der Waals surface area contributed by atoms with Crippen LogP contribution in [-0.4, -0.2) is 29.8 Å². The quantitative estimate of drug-likeness (QED) is 0.873.